The maximum Gasteiger partial charge on any atom is 0.411 e. The minimum atomic E-state index is -0.744. The lowest BCUT2D eigenvalue weighted by molar-refractivity contribution is -0.156. The van der Waals surface area contributed by atoms with E-state index in [9.17, 15) is 14.4 Å². The standard InChI is InChI=1S/C29H41N3O5S/c1-18(2)14-24(27(34)36-21-8-6-7-9-21)32(28(35)37-29(3,4)5)17-20-12-10-19(11-13-20)15-22-16-23(25(30)33)26(31)38-22/h10-13,16,18,21,24H,6-9,14-15,17,31H2,1-5H3,(H2,30,33)/t24-/m0/s1. The van der Waals surface area contributed by atoms with Gasteiger partial charge in [-0.15, -0.1) is 11.3 Å². The first-order valence-electron chi connectivity index (χ1n) is 13.3. The van der Waals surface area contributed by atoms with Crippen molar-refractivity contribution in [1.82, 2.24) is 4.90 Å². The second-order valence-corrected chi connectivity index (χ2v) is 12.6. The van der Waals surface area contributed by atoms with Gasteiger partial charge in [-0.25, -0.2) is 9.59 Å². The topological polar surface area (TPSA) is 125 Å². The number of nitrogens with zero attached hydrogens (tertiary/aromatic N) is 1. The molecule has 1 aromatic heterocycles. The molecule has 9 heteroatoms. The molecule has 3 rings (SSSR count). The van der Waals surface area contributed by atoms with E-state index in [1.54, 1.807) is 6.07 Å². The normalized spacial score (nSPS) is 14.9. The van der Waals surface area contributed by atoms with Crippen LogP contribution in [0.5, 0.6) is 0 Å². The largest absolute Gasteiger partial charge is 0.461 e. The van der Waals surface area contributed by atoms with Crippen molar-refractivity contribution >= 4 is 34.3 Å². The molecule has 1 atom stereocenters. The fraction of sp³-hybridized carbons (Fsp3) is 0.552. The average Bonchev–Trinajstić information content (AvgIpc) is 3.45. The molecule has 1 heterocycles. The number of hydrogen-bond donors (Lipinski definition) is 2. The Balaban J connectivity index is 1.81. The minimum absolute atomic E-state index is 0.0849. The van der Waals surface area contributed by atoms with Gasteiger partial charge in [0.2, 0.25) is 0 Å². The molecule has 0 radical (unpaired) electrons. The lowest BCUT2D eigenvalue weighted by atomic mass is 10.0. The van der Waals surface area contributed by atoms with Gasteiger partial charge in [0.1, 0.15) is 17.7 Å². The van der Waals surface area contributed by atoms with Crippen LogP contribution in [0.25, 0.3) is 0 Å². The molecule has 2 amide bonds. The zero-order valence-electron chi connectivity index (χ0n) is 23.1. The summed E-state index contributed by atoms with van der Waals surface area (Å²) in [5.41, 5.74) is 12.8. The highest BCUT2D eigenvalue weighted by Crippen LogP contribution is 2.28. The Kier molecular flexibility index (Phi) is 9.82. The Labute approximate surface area is 229 Å². The quantitative estimate of drug-likeness (QED) is 0.373. The van der Waals surface area contributed by atoms with E-state index in [2.05, 4.69) is 0 Å². The summed E-state index contributed by atoms with van der Waals surface area (Å²) >= 11 is 1.34. The summed E-state index contributed by atoms with van der Waals surface area (Å²) in [6.07, 6.45) is 4.29. The summed E-state index contributed by atoms with van der Waals surface area (Å²) in [7, 11) is 0. The number of nitrogens with two attached hydrogens (primary N) is 2. The number of rotatable bonds is 10. The fourth-order valence-electron chi connectivity index (χ4n) is 4.57. The third-order valence-corrected chi connectivity index (χ3v) is 7.35. The Morgan fingerprint density at radius 2 is 1.68 bits per heavy atom. The number of thiophene rings is 1. The minimum Gasteiger partial charge on any atom is -0.461 e. The first kappa shape index (κ1) is 29.5. The first-order valence-corrected chi connectivity index (χ1v) is 14.1. The van der Waals surface area contributed by atoms with Crippen molar-refractivity contribution in [3.05, 3.63) is 51.9 Å². The van der Waals surface area contributed by atoms with E-state index >= 15 is 0 Å². The maximum absolute atomic E-state index is 13.4. The first-order chi connectivity index (χ1) is 17.8. The predicted octanol–water partition coefficient (Wildman–Crippen LogP) is 5.66. The number of anilines is 1. The van der Waals surface area contributed by atoms with E-state index in [0.29, 0.717) is 23.4 Å². The van der Waals surface area contributed by atoms with E-state index in [1.807, 2.05) is 58.9 Å². The third kappa shape index (κ3) is 8.48. The summed E-state index contributed by atoms with van der Waals surface area (Å²) in [6.45, 7) is 9.70. The second kappa shape index (κ2) is 12.7. The second-order valence-electron chi connectivity index (χ2n) is 11.4. The molecule has 0 bridgehead atoms. The van der Waals surface area contributed by atoms with Crippen LogP contribution in [0.1, 0.15) is 93.1 Å². The van der Waals surface area contributed by atoms with Gasteiger partial charge in [-0.1, -0.05) is 38.1 Å². The Hall–Kier alpha value is -3.07. The van der Waals surface area contributed by atoms with E-state index in [-0.39, 0.29) is 24.5 Å². The lowest BCUT2D eigenvalue weighted by Gasteiger charge is -2.34. The highest BCUT2D eigenvalue weighted by atomic mass is 32.1. The third-order valence-electron chi connectivity index (χ3n) is 6.39. The van der Waals surface area contributed by atoms with Crippen LogP contribution < -0.4 is 11.5 Å². The lowest BCUT2D eigenvalue weighted by Crippen LogP contribution is -2.48. The molecule has 1 aliphatic rings. The number of carbonyl (C=O) groups is 3. The van der Waals surface area contributed by atoms with Gasteiger partial charge in [0.25, 0.3) is 5.91 Å². The van der Waals surface area contributed by atoms with Crippen molar-refractivity contribution in [3.63, 3.8) is 0 Å². The molecular formula is C29H41N3O5S. The molecule has 8 nitrogen and oxygen atoms in total. The van der Waals surface area contributed by atoms with E-state index in [1.165, 1.54) is 16.2 Å². The van der Waals surface area contributed by atoms with Crippen LogP contribution in [-0.2, 0) is 27.2 Å². The number of nitrogen functional groups attached to an aromatic ring is 1. The number of carbonyl (C=O) groups excluding carboxylic acids is 3. The molecule has 4 N–H and O–H groups in total. The number of ether oxygens (including phenoxy) is 2. The van der Waals surface area contributed by atoms with Gasteiger partial charge >= 0.3 is 12.1 Å². The van der Waals surface area contributed by atoms with Gasteiger partial charge in [0.05, 0.1) is 10.6 Å². The zero-order valence-corrected chi connectivity index (χ0v) is 23.9. The molecule has 0 saturated heterocycles. The van der Waals surface area contributed by atoms with Crippen LogP contribution in [-0.4, -0.2) is 40.6 Å². The Morgan fingerprint density at radius 1 is 1.08 bits per heavy atom. The van der Waals surface area contributed by atoms with Crippen molar-refractivity contribution in [2.75, 3.05) is 5.73 Å². The number of hydrogen-bond acceptors (Lipinski definition) is 7. The SMILES string of the molecule is CC(C)C[C@@H](C(=O)OC1CCCC1)N(Cc1ccc(Cc2cc(C(N)=O)c(N)s2)cc1)C(=O)OC(C)(C)C. The summed E-state index contributed by atoms with van der Waals surface area (Å²) in [5, 5.41) is 0.415. The van der Waals surface area contributed by atoms with Crippen LogP contribution in [0.2, 0.25) is 0 Å². The van der Waals surface area contributed by atoms with Crippen LogP contribution >= 0.6 is 11.3 Å². The molecule has 0 aliphatic heterocycles. The molecule has 0 spiro atoms. The summed E-state index contributed by atoms with van der Waals surface area (Å²) in [5.74, 6) is -0.731. The smallest absolute Gasteiger partial charge is 0.411 e. The van der Waals surface area contributed by atoms with Gasteiger partial charge in [-0.05, 0) is 76.0 Å². The van der Waals surface area contributed by atoms with Gasteiger partial charge in [0.15, 0.2) is 0 Å². The van der Waals surface area contributed by atoms with Crippen molar-refractivity contribution < 1.29 is 23.9 Å². The average molecular weight is 544 g/mol. The molecule has 1 aliphatic carbocycles. The highest BCUT2D eigenvalue weighted by Gasteiger charge is 2.36. The Morgan fingerprint density at radius 3 is 2.21 bits per heavy atom. The van der Waals surface area contributed by atoms with Crippen molar-refractivity contribution in [2.24, 2.45) is 11.7 Å². The van der Waals surface area contributed by atoms with Gasteiger partial charge < -0.3 is 20.9 Å². The molecule has 2 aromatic rings. The number of esters is 1. The van der Waals surface area contributed by atoms with Crippen LogP contribution in [0.15, 0.2) is 30.3 Å². The van der Waals surface area contributed by atoms with Crippen LogP contribution in [0.3, 0.4) is 0 Å². The maximum atomic E-state index is 13.4. The highest BCUT2D eigenvalue weighted by molar-refractivity contribution is 7.16. The van der Waals surface area contributed by atoms with E-state index < -0.39 is 23.6 Å². The molecule has 38 heavy (non-hydrogen) atoms. The van der Waals surface area contributed by atoms with Gasteiger partial charge in [-0.2, -0.15) is 0 Å². The monoisotopic (exact) mass is 543 g/mol. The van der Waals surface area contributed by atoms with Crippen molar-refractivity contribution in [2.45, 2.75) is 97.4 Å². The predicted molar refractivity (Wildman–Crippen MR) is 150 cm³/mol. The number of primary amides is 1. The van der Waals surface area contributed by atoms with E-state index in [4.69, 9.17) is 20.9 Å². The van der Waals surface area contributed by atoms with Crippen LogP contribution in [0.4, 0.5) is 9.80 Å². The summed E-state index contributed by atoms with van der Waals surface area (Å²) < 4.78 is 11.6. The van der Waals surface area contributed by atoms with Crippen molar-refractivity contribution in [3.8, 4) is 0 Å². The Bertz CT molecular complexity index is 1110. The molecule has 1 fully saturated rings. The van der Waals surface area contributed by atoms with Crippen LogP contribution in [0, 0.1) is 5.92 Å². The zero-order chi connectivity index (χ0) is 28.0. The van der Waals surface area contributed by atoms with Crippen molar-refractivity contribution in [1.29, 1.82) is 0 Å². The van der Waals surface area contributed by atoms with Gasteiger partial charge in [-0.3, -0.25) is 9.69 Å². The number of benzene rings is 1. The molecule has 1 aromatic carbocycles. The summed E-state index contributed by atoms with van der Waals surface area (Å²) in [4.78, 5) is 40.7. The number of amides is 2. The summed E-state index contributed by atoms with van der Waals surface area (Å²) in [6, 6.07) is 8.80. The molecule has 0 unspecified atom stereocenters. The molecule has 208 valence electrons. The fourth-order valence-corrected chi connectivity index (χ4v) is 5.53. The van der Waals surface area contributed by atoms with Gasteiger partial charge in [0, 0.05) is 17.8 Å². The molecule has 1 saturated carbocycles. The van der Waals surface area contributed by atoms with E-state index in [0.717, 1.165) is 41.7 Å². The molecular weight excluding hydrogens is 502 g/mol.